The Morgan fingerprint density at radius 1 is 1.05 bits per heavy atom. The van der Waals surface area contributed by atoms with Gasteiger partial charge in [-0.3, -0.25) is 0 Å². The van der Waals surface area contributed by atoms with Crippen LogP contribution in [-0.2, 0) is 13.0 Å². The molecular formula is C16H14ClFN2. The van der Waals surface area contributed by atoms with Gasteiger partial charge in [0, 0.05) is 18.8 Å². The Bertz CT molecular complexity index is 719. The molecule has 0 aliphatic heterocycles. The molecule has 1 aromatic heterocycles. The fraction of sp³-hybridized carbons (Fsp3) is 0.188. The number of aryl methyl sites for hydroxylation is 1. The van der Waals surface area contributed by atoms with Gasteiger partial charge in [-0.05, 0) is 29.8 Å². The number of fused-ring (bicyclic) bond motifs is 1. The van der Waals surface area contributed by atoms with Crippen molar-refractivity contribution in [3.05, 3.63) is 65.7 Å². The van der Waals surface area contributed by atoms with Crippen molar-refractivity contribution in [1.82, 2.24) is 9.55 Å². The summed E-state index contributed by atoms with van der Waals surface area (Å²) in [7, 11) is 0. The number of rotatable bonds is 4. The molecule has 0 fully saturated rings. The van der Waals surface area contributed by atoms with Gasteiger partial charge < -0.3 is 4.57 Å². The van der Waals surface area contributed by atoms with Crippen molar-refractivity contribution in [2.45, 2.75) is 13.0 Å². The molecule has 0 aliphatic rings. The molecule has 1 heterocycles. The minimum atomic E-state index is -0.217. The quantitative estimate of drug-likeness (QED) is 0.663. The lowest BCUT2D eigenvalue weighted by Crippen LogP contribution is -2.06. The molecule has 0 atom stereocenters. The van der Waals surface area contributed by atoms with E-state index in [-0.39, 0.29) is 5.82 Å². The molecule has 3 aromatic rings. The second kappa shape index (κ2) is 5.63. The van der Waals surface area contributed by atoms with Crippen LogP contribution in [-0.4, -0.2) is 15.4 Å². The van der Waals surface area contributed by atoms with Crippen LogP contribution in [0.2, 0.25) is 0 Å². The van der Waals surface area contributed by atoms with E-state index in [9.17, 15) is 4.39 Å². The number of alkyl halides is 1. The van der Waals surface area contributed by atoms with E-state index < -0.39 is 0 Å². The number of aromatic nitrogens is 2. The van der Waals surface area contributed by atoms with Gasteiger partial charge in [-0.1, -0.05) is 24.3 Å². The van der Waals surface area contributed by atoms with E-state index >= 15 is 0 Å². The minimum absolute atomic E-state index is 0.217. The summed E-state index contributed by atoms with van der Waals surface area (Å²) in [6.45, 7) is 0.674. The standard InChI is InChI=1S/C16H14ClFN2/c17-10-9-16-19-14-3-1-2-4-15(14)20(16)11-12-5-7-13(18)8-6-12/h1-8H,9-11H2. The van der Waals surface area contributed by atoms with Crippen LogP contribution in [0.4, 0.5) is 4.39 Å². The van der Waals surface area contributed by atoms with Gasteiger partial charge in [0.1, 0.15) is 11.6 Å². The Balaban J connectivity index is 2.04. The van der Waals surface area contributed by atoms with Crippen LogP contribution in [0.1, 0.15) is 11.4 Å². The second-order valence-electron chi connectivity index (χ2n) is 4.67. The fourth-order valence-electron chi connectivity index (χ4n) is 2.35. The number of halogens is 2. The summed E-state index contributed by atoms with van der Waals surface area (Å²) >= 11 is 5.86. The zero-order chi connectivity index (χ0) is 13.9. The molecule has 0 saturated heterocycles. The molecule has 20 heavy (non-hydrogen) atoms. The molecule has 0 unspecified atom stereocenters. The van der Waals surface area contributed by atoms with Crippen LogP contribution >= 0.6 is 11.6 Å². The molecule has 0 bridgehead atoms. The normalized spacial score (nSPS) is 11.1. The minimum Gasteiger partial charge on any atom is -0.323 e. The third-order valence-electron chi connectivity index (χ3n) is 3.31. The average molecular weight is 289 g/mol. The van der Waals surface area contributed by atoms with Crippen molar-refractivity contribution in [1.29, 1.82) is 0 Å². The Morgan fingerprint density at radius 3 is 2.55 bits per heavy atom. The summed E-state index contributed by atoms with van der Waals surface area (Å²) in [5.41, 5.74) is 3.09. The molecule has 2 nitrogen and oxygen atoms in total. The molecule has 0 aliphatic carbocycles. The number of para-hydroxylation sites is 2. The van der Waals surface area contributed by atoms with E-state index in [1.165, 1.54) is 12.1 Å². The molecule has 0 spiro atoms. The van der Waals surface area contributed by atoms with Crippen molar-refractivity contribution >= 4 is 22.6 Å². The zero-order valence-electron chi connectivity index (χ0n) is 10.9. The van der Waals surface area contributed by atoms with Crippen molar-refractivity contribution in [2.75, 3.05) is 5.88 Å². The van der Waals surface area contributed by atoms with E-state index in [2.05, 4.69) is 9.55 Å². The van der Waals surface area contributed by atoms with Crippen LogP contribution in [0.3, 0.4) is 0 Å². The van der Waals surface area contributed by atoms with E-state index in [0.717, 1.165) is 28.8 Å². The lowest BCUT2D eigenvalue weighted by molar-refractivity contribution is 0.626. The first kappa shape index (κ1) is 13.1. The monoisotopic (exact) mass is 288 g/mol. The van der Waals surface area contributed by atoms with Crippen LogP contribution < -0.4 is 0 Å². The third kappa shape index (κ3) is 2.54. The topological polar surface area (TPSA) is 17.8 Å². The van der Waals surface area contributed by atoms with Gasteiger partial charge in [0.2, 0.25) is 0 Å². The molecule has 0 radical (unpaired) electrons. The highest BCUT2D eigenvalue weighted by Gasteiger charge is 2.10. The number of nitrogens with zero attached hydrogens (tertiary/aromatic N) is 2. The first-order chi connectivity index (χ1) is 9.78. The summed E-state index contributed by atoms with van der Waals surface area (Å²) in [5.74, 6) is 1.28. The molecular weight excluding hydrogens is 275 g/mol. The smallest absolute Gasteiger partial charge is 0.123 e. The Morgan fingerprint density at radius 2 is 1.80 bits per heavy atom. The molecule has 0 N–H and O–H groups in total. The molecule has 2 aromatic carbocycles. The first-order valence-corrected chi connectivity index (χ1v) is 7.06. The number of imidazole rings is 1. The van der Waals surface area contributed by atoms with E-state index in [1.54, 1.807) is 12.1 Å². The van der Waals surface area contributed by atoms with Gasteiger partial charge in [0.05, 0.1) is 11.0 Å². The maximum absolute atomic E-state index is 13.0. The van der Waals surface area contributed by atoms with Crippen LogP contribution in [0, 0.1) is 5.82 Å². The van der Waals surface area contributed by atoms with Gasteiger partial charge in [0.15, 0.2) is 0 Å². The largest absolute Gasteiger partial charge is 0.323 e. The molecule has 0 amide bonds. The van der Waals surface area contributed by atoms with Gasteiger partial charge in [0.25, 0.3) is 0 Å². The van der Waals surface area contributed by atoms with Gasteiger partial charge >= 0.3 is 0 Å². The van der Waals surface area contributed by atoms with E-state index in [0.29, 0.717) is 12.4 Å². The van der Waals surface area contributed by atoms with E-state index in [4.69, 9.17) is 11.6 Å². The maximum Gasteiger partial charge on any atom is 0.123 e. The van der Waals surface area contributed by atoms with Crippen LogP contribution in [0.5, 0.6) is 0 Å². The third-order valence-corrected chi connectivity index (χ3v) is 3.49. The lowest BCUT2D eigenvalue weighted by atomic mass is 10.2. The van der Waals surface area contributed by atoms with Gasteiger partial charge in [-0.25, -0.2) is 9.37 Å². The summed E-state index contributed by atoms with van der Waals surface area (Å²) in [5, 5.41) is 0. The average Bonchev–Trinajstić information content (AvgIpc) is 2.80. The number of hydrogen-bond acceptors (Lipinski definition) is 1. The molecule has 3 rings (SSSR count). The van der Waals surface area contributed by atoms with Crippen molar-refractivity contribution < 1.29 is 4.39 Å². The maximum atomic E-state index is 13.0. The van der Waals surface area contributed by atoms with Gasteiger partial charge in [-0.2, -0.15) is 0 Å². The lowest BCUT2D eigenvalue weighted by Gasteiger charge is -2.08. The highest BCUT2D eigenvalue weighted by molar-refractivity contribution is 6.17. The van der Waals surface area contributed by atoms with Crippen LogP contribution in [0.15, 0.2) is 48.5 Å². The van der Waals surface area contributed by atoms with Gasteiger partial charge in [-0.15, -0.1) is 11.6 Å². The molecule has 102 valence electrons. The second-order valence-corrected chi connectivity index (χ2v) is 5.05. The van der Waals surface area contributed by atoms with Crippen molar-refractivity contribution in [3.8, 4) is 0 Å². The molecule has 4 heteroatoms. The Hall–Kier alpha value is -1.87. The summed E-state index contributed by atoms with van der Waals surface area (Å²) < 4.78 is 15.1. The predicted molar refractivity (Wildman–Crippen MR) is 79.7 cm³/mol. The van der Waals surface area contributed by atoms with Crippen molar-refractivity contribution in [3.63, 3.8) is 0 Å². The summed E-state index contributed by atoms with van der Waals surface area (Å²) in [6, 6.07) is 14.6. The van der Waals surface area contributed by atoms with E-state index in [1.807, 2.05) is 24.3 Å². The highest BCUT2D eigenvalue weighted by Crippen LogP contribution is 2.18. The van der Waals surface area contributed by atoms with Crippen molar-refractivity contribution in [2.24, 2.45) is 0 Å². The summed E-state index contributed by atoms with van der Waals surface area (Å²) in [4.78, 5) is 4.62. The highest BCUT2D eigenvalue weighted by atomic mass is 35.5. The van der Waals surface area contributed by atoms with Crippen LogP contribution in [0.25, 0.3) is 11.0 Å². The molecule has 0 saturated carbocycles. The Kier molecular flexibility index (Phi) is 3.70. The summed E-state index contributed by atoms with van der Waals surface area (Å²) in [6.07, 6.45) is 0.720. The number of hydrogen-bond donors (Lipinski definition) is 0. The fourth-order valence-corrected chi connectivity index (χ4v) is 2.52. The number of benzene rings is 2. The zero-order valence-corrected chi connectivity index (χ0v) is 11.6. The SMILES string of the molecule is Fc1ccc(Cn2c(CCCl)nc3ccccc32)cc1. The first-order valence-electron chi connectivity index (χ1n) is 6.52. The predicted octanol–water partition coefficient (Wildman–Crippen LogP) is 4.01. The Labute approximate surface area is 121 Å².